The van der Waals surface area contributed by atoms with E-state index in [1.807, 2.05) is 10.9 Å². The molecule has 0 radical (unpaired) electrons. The van der Waals surface area contributed by atoms with E-state index in [0.717, 1.165) is 44.3 Å². The number of hydrogen-bond acceptors (Lipinski definition) is 6. The minimum atomic E-state index is -0.352. The number of aliphatic hydroxyl groups is 1. The van der Waals surface area contributed by atoms with E-state index in [1.54, 1.807) is 0 Å². The third-order valence-corrected chi connectivity index (χ3v) is 5.54. The maximum absolute atomic E-state index is 12.5. The predicted octanol–water partition coefficient (Wildman–Crippen LogP) is 1.24. The van der Waals surface area contributed by atoms with Crippen LogP contribution in [0.4, 0.5) is 0 Å². The van der Waals surface area contributed by atoms with E-state index in [-0.39, 0.29) is 36.7 Å². The van der Waals surface area contributed by atoms with E-state index < -0.39 is 0 Å². The number of nitrogens with zero attached hydrogens (tertiary/aromatic N) is 3. The van der Waals surface area contributed by atoms with Crippen molar-refractivity contribution in [1.82, 2.24) is 20.3 Å². The Bertz CT molecular complexity index is 600. The Balaban J connectivity index is 1.46. The van der Waals surface area contributed by atoms with Gasteiger partial charge in [-0.3, -0.25) is 9.48 Å². The lowest BCUT2D eigenvalue weighted by molar-refractivity contribution is -0.134. The topological polar surface area (TPSA) is 98.5 Å². The number of aromatic nitrogens is 3. The van der Waals surface area contributed by atoms with Crippen molar-refractivity contribution in [2.75, 3.05) is 19.8 Å². The molecule has 2 saturated heterocycles. The van der Waals surface area contributed by atoms with Gasteiger partial charge in [-0.05, 0) is 38.0 Å². The normalized spacial score (nSPS) is 27.0. The van der Waals surface area contributed by atoms with Crippen LogP contribution in [0.25, 0.3) is 0 Å². The Hall–Kier alpha value is -1.51. The number of hydrogen-bond donors (Lipinski definition) is 2. The molecular formula is C19H32N4O4. The number of rotatable bonds is 7. The van der Waals surface area contributed by atoms with Crippen LogP contribution in [0.15, 0.2) is 6.20 Å². The Kier molecular flexibility index (Phi) is 7.20. The third-order valence-electron chi connectivity index (χ3n) is 5.54. The zero-order valence-corrected chi connectivity index (χ0v) is 16.3. The Morgan fingerprint density at radius 3 is 2.78 bits per heavy atom. The number of aryl methyl sites for hydroxylation is 1. The zero-order chi connectivity index (χ0) is 19.2. The summed E-state index contributed by atoms with van der Waals surface area (Å²) in [6, 6.07) is -0.125. The second kappa shape index (κ2) is 9.61. The molecule has 3 rings (SSSR count). The minimum absolute atomic E-state index is 0.0123. The fourth-order valence-electron chi connectivity index (χ4n) is 3.73. The number of nitrogens with one attached hydrogen (secondary N) is 1. The smallest absolute Gasteiger partial charge is 0.223 e. The van der Waals surface area contributed by atoms with E-state index in [9.17, 15) is 9.90 Å². The second-order valence-electron chi connectivity index (χ2n) is 7.91. The van der Waals surface area contributed by atoms with Gasteiger partial charge in [0.1, 0.15) is 6.10 Å². The van der Waals surface area contributed by atoms with Crippen LogP contribution in [0.3, 0.4) is 0 Å². The Morgan fingerprint density at radius 1 is 1.33 bits per heavy atom. The van der Waals surface area contributed by atoms with Gasteiger partial charge in [-0.15, -0.1) is 5.10 Å². The zero-order valence-electron chi connectivity index (χ0n) is 16.3. The first-order valence-electron chi connectivity index (χ1n) is 10.1. The van der Waals surface area contributed by atoms with Gasteiger partial charge in [-0.2, -0.15) is 0 Å². The molecule has 2 aliphatic heterocycles. The standard InChI is InChI=1S/C19H32N4O4/c1-13(2)17-11-23(22-21-17)8-5-15-3-4-16(18(12-24)27-15)20-19(25)14-6-9-26-10-7-14/h11,13-16,18,24H,3-10,12H2,1-2H3,(H,20,25)/t15-,16+,18+/m0/s1. The molecule has 0 unspecified atom stereocenters. The first-order valence-corrected chi connectivity index (χ1v) is 10.1. The maximum atomic E-state index is 12.5. The van der Waals surface area contributed by atoms with Crippen LogP contribution in [-0.4, -0.2) is 64.1 Å². The molecule has 0 aromatic carbocycles. The molecule has 152 valence electrons. The number of aliphatic hydroxyl groups excluding tert-OH is 1. The number of amides is 1. The van der Waals surface area contributed by atoms with Crippen molar-refractivity contribution in [2.45, 2.75) is 76.7 Å². The molecule has 1 aromatic heterocycles. The molecule has 8 nitrogen and oxygen atoms in total. The van der Waals surface area contributed by atoms with Crippen molar-refractivity contribution in [3.05, 3.63) is 11.9 Å². The predicted molar refractivity (Wildman–Crippen MR) is 99.2 cm³/mol. The van der Waals surface area contributed by atoms with Gasteiger partial charge < -0.3 is 19.9 Å². The SMILES string of the molecule is CC(C)c1cn(CC[C@@H]2CC[C@@H](NC(=O)C3CCOCC3)[C@@H](CO)O2)nn1. The van der Waals surface area contributed by atoms with Crippen LogP contribution in [0, 0.1) is 5.92 Å². The molecule has 1 amide bonds. The molecule has 0 saturated carbocycles. The molecule has 2 aliphatic rings. The summed E-state index contributed by atoms with van der Waals surface area (Å²) >= 11 is 0. The van der Waals surface area contributed by atoms with E-state index >= 15 is 0 Å². The van der Waals surface area contributed by atoms with Gasteiger partial charge in [0, 0.05) is 31.9 Å². The lowest BCUT2D eigenvalue weighted by atomic mass is 9.94. The van der Waals surface area contributed by atoms with Crippen molar-refractivity contribution in [3.8, 4) is 0 Å². The van der Waals surface area contributed by atoms with Crippen LogP contribution in [0.5, 0.6) is 0 Å². The van der Waals surface area contributed by atoms with Crippen molar-refractivity contribution >= 4 is 5.91 Å². The van der Waals surface area contributed by atoms with Gasteiger partial charge in [0.2, 0.25) is 5.91 Å². The van der Waals surface area contributed by atoms with Crippen LogP contribution < -0.4 is 5.32 Å². The highest BCUT2D eigenvalue weighted by atomic mass is 16.5. The molecular weight excluding hydrogens is 348 g/mol. The van der Waals surface area contributed by atoms with E-state index in [4.69, 9.17) is 9.47 Å². The summed E-state index contributed by atoms with van der Waals surface area (Å²) in [5, 5.41) is 21.2. The molecule has 3 heterocycles. The average Bonchev–Trinajstić information content (AvgIpc) is 3.17. The monoisotopic (exact) mass is 380 g/mol. The lowest BCUT2D eigenvalue weighted by Gasteiger charge is -2.37. The maximum Gasteiger partial charge on any atom is 0.223 e. The number of carbonyl (C=O) groups is 1. The lowest BCUT2D eigenvalue weighted by Crippen LogP contribution is -2.52. The van der Waals surface area contributed by atoms with Crippen LogP contribution in [0.1, 0.15) is 57.6 Å². The summed E-state index contributed by atoms with van der Waals surface area (Å²) in [6.45, 7) is 6.13. The molecule has 2 N–H and O–H groups in total. The van der Waals surface area contributed by atoms with Gasteiger partial charge in [-0.25, -0.2) is 0 Å². The summed E-state index contributed by atoms with van der Waals surface area (Å²) in [4.78, 5) is 12.5. The fraction of sp³-hybridized carbons (Fsp3) is 0.842. The third kappa shape index (κ3) is 5.49. The van der Waals surface area contributed by atoms with Gasteiger partial charge in [0.25, 0.3) is 0 Å². The summed E-state index contributed by atoms with van der Waals surface area (Å²) in [6.07, 6.45) is 5.72. The van der Waals surface area contributed by atoms with E-state index in [2.05, 4.69) is 29.5 Å². The highest BCUT2D eigenvalue weighted by Crippen LogP contribution is 2.24. The number of ether oxygens (including phenoxy) is 2. The van der Waals surface area contributed by atoms with Gasteiger partial charge in [0.15, 0.2) is 0 Å². The number of carbonyl (C=O) groups excluding carboxylic acids is 1. The van der Waals surface area contributed by atoms with E-state index in [0.29, 0.717) is 19.1 Å². The molecule has 1 aromatic rings. The van der Waals surface area contributed by atoms with Gasteiger partial charge >= 0.3 is 0 Å². The molecule has 27 heavy (non-hydrogen) atoms. The summed E-state index contributed by atoms with van der Waals surface area (Å²) in [5.41, 5.74) is 0.990. The van der Waals surface area contributed by atoms with Gasteiger partial charge in [0.05, 0.1) is 24.4 Å². The van der Waals surface area contributed by atoms with E-state index in [1.165, 1.54) is 0 Å². The minimum Gasteiger partial charge on any atom is -0.394 e. The first kappa shape index (κ1) is 20.2. The van der Waals surface area contributed by atoms with Crippen molar-refractivity contribution in [2.24, 2.45) is 5.92 Å². The average molecular weight is 380 g/mol. The molecule has 0 spiro atoms. The first-order chi connectivity index (χ1) is 13.1. The summed E-state index contributed by atoms with van der Waals surface area (Å²) in [5.74, 6) is 0.439. The van der Waals surface area contributed by atoms with Gasteiger partial charge in [-0.1, -0.05) is 19.1 Å². The quantitative estimate of drug-likeness (QED) is 0.739. The molecule has 3 atom stereocenters. The molecule has 8 heteroatoms. The van der Waals surface area contributed by atoms with Crippen LogP contribution in [-0.2, 0) is 20.8 Å². The summed E-state index contributed by atoms with van der Waals surface area (Å²) in [7, 11) is 0. The molecule has 0 aliphatic carbocycles. The Morgan fingerprint density at radius 2 is 2.11 bits per heavy atom. The highest BCUT2D eigenvalue weighted by molar-refractivity contribution is 5.79. The Labute approximate surface area is 160 Å². The van der Waals surface area contributed by atoms with Crippen LogP contribution >= 0.6 is 0 Å². The molecule has 2 fully saturated rings. The van der Waals surface area contributed by atoms with Crippen molar-refractivity contribution < 1.29 is 19.4 Å². The molecule has 0 bridgehead atoms. The second-order valence-corrected chi connectivity index (χ2v) is 7.91. The van der Waals surface area contributed by atoms with Crippen molar-refractivity contribution in [1.29, 1.82) is 0 Å². The summed E-state index contributed by atoms with van der Waals surface area (Å²) < 4.78 is 13.2. The van der Waals surface area contributed by atoms with Crippen molar-refractivity contribution in [3.63, 3.8) is 0 Å². The van der Waals surface area contributed by atoms with Crippen LogP contribution in [0.2, 0.25) is 0 Å². The fourth-order valence-corrected chi connectivity index (χ4v) is 3.73. The largest absolute Gasteiger partial charge is 0.394 e. The highest BCUT2D eigenvalue weighted by Gasteiger charge is 2.33.